The molecule has 4 rings (SSSR count). The Labute approximate surface area is 238 Å². The molecule has 3 N–H and O–H groups in total. The molecule has 0 spiro atoms. The summed E-state index contributed by atoms with van der Waals surface area (Å²) in [7, 11) is 1.86. The van der Waals surface area contributed by atoms with E-state index in [2.05, 4.69) is 59.0 Å². The predicted octanol–water partition coefficient (Wildman–Crippen LogP) is 5.59. The molecule has 4 aromatic rings. The van der Waals surface area contributed by atoms with Crippen molar-refractivity contribution in [3.63, 3.8) is 0 Å². The number of carbonyl (C=O) groups is 3. The van der Waals surface area contributed by atoms with Gasteiger partial charge in [0.1, 0.15) is 5.00 Å². The average molecular weight is 584 g/mol. The van der Waals surface area contributed by atoms with Crippen molar-refractivity contribution in [2.24, 2.45) is 12.8 Å². The summed E-state index contributed by atoms with van der Waals surface area (Å²) < 4.78 is 7.17. The van der Waals surface area contributed by atoms with Gasteiger partial charge in [-0.25, -0.2) is 4.79 Å². The van der Waals surface area contributed by atoms with E-state index in [1.54, 1.807) is 32.1 Å². The van der Waals surface area contributed by atoms with Crippen LogP contribution in [-0.4, -0.2) is 44.4 Å². The summed E-state index contributed by atoms with van der Waals surface area (Å²) in [4.78, 5) is 38.8. The number of hydrogen-bond donors (Lipinski definition) is 2. The van der Waals surface area contributed by atoms with Crippen LogP contribution >= 0.6 is 34.4 Å². The zero-order valence-corrected chi connectivity index (χ0v) is 24.9. The van der Waals surface area contributed by atoms with Crippen molar-refractivity contribution < 1.29 is 19.1 Å². The van der Waals surface area contributed by atoms with Crippen molar-refractivity contribution >= 4 is 57.2 Å². The topological polar surface area (TPSA) is 129 Å². The normalized spacial score (nSPS) is 11.2. The maximum Gasteiger partial charge on any atom is 0.341 e. The summed E-state index contributed by atoms with van der Waals surface area (Å²) in [5.74, 6) is -0.946. The Morgan fingerprint density at radius 3 is 2.46 bits per heavy atom. The summed E-state index contributed by atoms with van der Waals surface area (Å²) >= 11 is 3.83. The molecule has 0 saturated heterocycles. The number of primary amides is 1. The first-order valence-electron chi connectivity index (χ1n) is 12.1. The molecule has 0 saturated carbocycles. The third-order valence-corrected chi connectivity index (χ3v) is 9.05. The van der Waals surface area contributed by atoms with Gasteiger partial charge in [-0.2, -0.15) is 0 Å². The zero-order chi connectivity index (χ0) is 28.4. The van der Waals surface area contributed by atoms with Crippen LogP contribution in [-0.2, 0) is 16.6 Å². The van der Waals surface area contributed by atoms with Gasteiger partial charge in [0.05, 0.1) is 22.3 Å². The quantitative estimate of drug-likeness (QED) is 0.194. The molecule has 0 radical (unpaired) electrons. The van der Waals surface area contributed by atoms with Crippen LogP contribution in [0, 0.1) is 20.8 Å². The lowest BCUT2D eigenvalue weighted by Crippen LogP contribution is -2.18. The molecule has 2 amide bonds. The van der Waals surface area contributed by atoms with Gasteiger partial charge < -0.3 is 20.4 Å². The first-order chi connectivity index (χ1) is 18.5. The molecule has 3 heterocycles. The van der Waals surface area contributed by atoms with Crippen molar-refractivity contribution in [3.8, 4) is 22.5 Å². The molecule has 1 aromatic carbocycles. The van der Waals surface area contributed by atoms with E-state index in [1.807, 2.05) is 11.6 Å². The number of thioether (sulfide) groups is 1. The van der Waals surface area contributed by atoms with Crippen molar-refractivity contribution in [2.45, 2.75) is 45.9 Å². The third-order valence-electron chi connectivity index (χ3n) is 5.89. The Balaban J connectivity index is 1.52. The highest BCUT2D eigenvalue weighted by molar-refractivity contribution is 7.99. The second kappa shape index (κ2) is 11.7. The number of rotatable bonds is 9. The number of nitrogens with zero attached hydrogens (tertiary/aromatic N) is 3. The molecule has 0 aliphatic heterocycles. The minimum Gasteiger partial charge on any atom is -0.459 e. The van der Waals surface area contributed by atoms with Gasteiger partial charge in [-0.05, 0) is 45.7 Å². The Morgan fingerprint density at radius 1 is 1.13 bits per heavy atom. The highest BCUT2D eigenvalue weighted by Crippen LogP contribution is 2.39. The maximum absolute atomic E-state index is 12.9. The summed E-state index contributed by atoms with van der Waals surface area (Å²) in [6.45, 7) is 9.19. The van der Waals surface area contributed by atoms with Crippen LogP contribution in [0.4, 0.5) is 5.00 Å². The van der Waals surface area contributed by atoms with Gasteiger partial charge in [0.2, 0.25) is 5.91 Å². The number of aryl methyl sites for hydroxylation is 2. The van der Waals surface area contributed by atoms with Gasteiger partial charge in [-0.3, -0.25) is 9.59 Å². The lowest BCUT2D eigenvalue weighted by molar-refractivity contribution is -0.113. The molecule has 0 unspecified atom stereocenters. The molecule has 0 aliphatic carbocycles. The van der Waals surface area contributed by atoms with Crippen LogP contribution in [0.2, 0.25) is 0 Å². The minimum atomic E-state index is -0.675. The number of thiophene rings is 2. The molecule has 0 bridgehead atoms. The number of ether oxygens (including phenoxy) is 1. The van der Waals surface area contributed by atoms with Gasteiger partial charge >= 0.3 is 5.97 Å². The highest BCUT2D eigenvalue weighted by atomic mass is 32.2. The number of hydrogen-bond acceptors (Lipinski definition) is 9. The number of carbonyl (C=O) groups excluding carboxylic acids is 3. The summed E-state index contributed by atoms with van der Waals surface area (Å²) in [5, 5.41) is 14.3. The van der Waals surface area contributed by atoms with Crippen LogP contribution in [0.15, 0.2) is 34.8 Å². The van der Waals surface area contributed by atoms with E-state index in [4.69, 9.17) is 10.5 Å². The standard InChI is InChI=1S/C27H29N5O4S3/c1-13(2)36-26(35)20-15(4)22(23(28)34)39-25(20)29-19(33)12-38-27-31-30-24(32(27)6)18-11-37-16(5)21(18)17-9-7-14(3)8-10-17/h7-11,13H,12H2,1-6H3,(H2,28,34)(H,29,33). The Morgan fingerprint density at radius 2 is 1.82 bits per heavy atom. The number of nitrogens with two attached hydrogens (primary N) is 1. The second-order valence-electron chi connectivity index (χ2n) is 9.23. The fourth-order valence-electron chi connectivity index (χ4n) is 4.02. The summed E-state index contributed by atoms with van der Waals surface area (Å²) in [6.07, 6.45) is -0.364. The fraction of sp³-hybridized carbons (Fsp3) is 0.296. The molecular weight excluding hydrogens is 555 g/mol. The average Bonchev–Trinajstić information content (AvgIpc) is 3.52. The molecule has 0 aliphatic rings. The zero-order valence-electron chi connectivity index (χ0n) is 22.4. The maximum atomic E-state index is 12.9. The predicted molar refractivity (Wildman–Crippen MR) is 157 cm³/mol. The van der Waals surface area contributed by atoms with E-state index in [9.17, 15) is 14.4 Å². The molecule has 9 nitrogen and oxygen atoms in total. The molecule has 12 heteroatoms. The molecule has 0 fully saturated rings. The Kier molecular flexibility index (Phi) is 8.57. The SMILES string of the molecule is Cc1ccc(-c2c(-c3nnc(SCC(=O)Nc4sc(C(N)=O)c(C)c4C(=O)OC(C)C)n3C)csc2C)cc1. The van der Waals surface area contributed by atoms with Crippen LogP contribution in [0.25, 0.3) is 22.5 Å². The molecule has 3 aromatic heterocycles. The second-order valence-corrected chi connectivity index (χ2v) is 12.3. The molecular formula is C27H29N5O4S3. The van der Waals surface area contributed by atoms with Gasteiger partial charge in [0.25, 0.3) is 5.91 Å². The van der Waals surface area contributed by atoms with Crippen LogP contribution < -0.4 is 11.1 Å². The minimum absolute atomic E-state index is 0.0149. The number of amides is 2. The van der Waals surface area contributed by atoms with Gasteiger partial charge in [0, 0.05) is 28.4 Å². The van der Waals surface area contributed by atoms with Crippen LogP contribution in [0.3, 0.4) is 0 Å². The number of anilines is 1. The van der Waals surface area contributed by atoms with Crippen molar-refractivity contribution in [1.82, 2.24) is 14.8 Å². The van der Waals surface area contributed by atoms with Gasteiger partial charge in [-0.15, -0.1) is 32.9 Å². The lowest BCUT2D eigenvalue weighted by atomic mass is 10.0. The van der Waals surface area contributed by atoms with Crippen LogP contribution in [0.1, 0.15) is 49.9 Å². The molecule has 39 heavy (non-hydrogen) atoms. The van der Waals surface area contributed by atoms with E-state index in [1.165, 1.54) is 22.2 Å². The van der Waals surface area contributed by atoms with Gasteiger partial charge in [-0.1, -0.05) is 41.6 Å². The fourth-order valence-corrected chi connectivity index (χ4v) is 6.66. The van der Waals surface area contributed by atoms with Crippen LogP contribution in [0.5, 0.6) is 0 Å². The first-order valence-corrected chi connectivity index (χ1v) is 14.8. The molecule has 0 atom stereocenters. The van der Waals surface area contributed by atoms with E-state index < -0.39 is 11.9 Å². The van der Waals surface area contributed by atoms with E-state index in [0.29, 0.717) is 16.5 Å². The lowest BCUT2D eigenvalue weighted by Gasteiger charge is -2.10. The first kappa shape index (κ1) is 28.5. The highest BCUT2D eigenvalue weighted by Gasteiger charge is 2.27. The number of aromatic nitrogens is 3. The summed E-state index contributed by atoms with van der Waals surface area (Å²) in [6, 6.07) is 8.38. The van der Waals surface area contributed by atoms with E-state index in [-0.39, 0.29) is 33.2 Å². The van der Waals surface area contributed by atoms with E-state index in [0.717, 1.165) is 28.0 Å². The molecule has 204 valence electrons. The smallest absolute Gasteiger partial charge is 0.341 e. The van der Waals surface area contributed by atoms with Crippen molar-refractivity contribution in [3.05, 3.63) is 56.1 Å². The van der Waals surface area contributed by atoms with Crippen molar-refractivity contribution in [2.75, 3.05) is 11.1 Å². The largest absolute Gasteiger partial charge is 0.459 e. The Hall–Kier alpha value is -3.48. The van der Waals surface area contributed by atoms with Gasteiger partial charge in [0.15, 0.2) is 11.0 Å². The number of esters is 1. The third kappa shape index (κ3) is 6.07. The monoisotopic (exact) mass is 583 g/mol. The Bertz CT molecular complexity index is 1550. The number of benzene rings is 1. The summed E-state index contributed by atoms with van der Waals surface area (Å²) in [5.41, 5.74) is 10.4. The number of nitrogens with one attached hydrogen (secondary N) is 1. The van der Waals surface area contributed by atoms with Crippen molar-refractivity contribution in [1.29, 1.82) is 0 Å². The van der Waals surface area contributed by atoms with E-state index >= 15 is 0 Å².